The molecule has 0 saturated heterocycles. The Kier molecular flexibility index (Phi) is 2.41. The zero-order chi connectivity index (χ0) is 15.6. The maximum Gasteiger partial charge on any atom is 0.0326 e. The van der Waals surface area contributed by atoms with Crippen LogP contribution in [0.1, 0.15) is 12.5 Å². The summed E-state index contributed by atoms with van der Waals surface area (Å²) >= 11 is 0. The molecule has 5 aromatic rings. The molecule has 0 aliphatic carbocycles. The lowest BCUT2D eigenvalue weighted by Gasteiger charge is -2.16. The molecule has 0 heterocycles. The standard InChI is InChI=1S/C22H17N/c1-2-13-9-14-5-3-7-17-18-8-4-6-15-11-16(23)12-20(22(15)18)19(10-13)21(14)17/h3-12H,2,23H2,1H3. The molecular weight excluding hydrogens is 278 g/mol. The van der Waals surface area contributed by atoms with Crippen molar-refractivity contribution in [3.8, 4) is 0 Å². The molecule has 5 aromatic carbocycles. The highest BCUT2D eigenvalue weighted by atomic mass is 14.5. The van der Waals surface area contributed by atoms with Gasteiger partial charge in [0, 0.05) is 5.69 Å². The largest absolute Gasteiger partial charge is 0.399 e. The first-order valence-corrected chi connectivity index (χ1v) is 8.15. The van der Waals surface area contributed by atoms with E-state index in [-0.39, 0.29) is 0 Å². The lowest BCUT2D eigenvalue weighted by molar-refractivity contribution is 1.15. The van der Waals surface area contributed by atoms with Gasteiger partial charge in [-0.3, -0.25) is 0 Å². The van der Waals surface area contributed by atoms with Crippen LogP contribution >= 0.6 is 0 Å². The van der Waals surface area contributed by atoms with Gasteiger partial charge in [0.15, 0.2) is 0 Å². The number of fused-ring (bicyclic) bond motifs is 2. The normalized spacial score (nSPS) is 12.0. The molecule has 0 unspecified atom stereocenters. The fourth-order valence-electron chi connectivity index (χ4n) is 4.02. The van der Waals surface area contributed by atoms with Crippen molar-refractivity contribution in [3.63, 3.8) is 0 Å². The van der Waals surface area contributed by atoms with Gasteiger partial charge in [0.05, 0.1) is 0 Å². The summed E-state index contributed by atoms with van der Waals surface area (Å²) in [5.74, 6) is 0. The highest BCUT2D eigenvalue weighted by Crippen LogP contribution is 2.41. The van der Waals surface area contributed by atoms with E-state index in [1.807, 2.05) is 0 Å². The van der Waals surface area contributed by atoms with Crippen molar-refractivity contribution in [2.75, 3.05) is 5.73 Å². The number of hydrogen-bond acceptors (Lipinski definition) is 1. The first kappa shape index (κ1) is 12.7. The summed E-state index contributed by atoms with van der Waals surface area (Å²) in [5.41, 5.74) is 8.40. The first-order chi connectivity index (χ1) is 11.3. The van der Waals surface area contributed by atoms with Gasteiger partial charge in [-0.15, -0.1) is 0 Å². The predicted octanol–water partition coefficient (Wildman–Crippen LogP) is 5.88. The molecule has 23 heavy (non-hydrogen) atoms. The van der Waals surface area contributed by atoms with Crippen molar-refractivity contribution in [3.05, 3.63) is 66.2 Å². The molecule has 2 N–H and O–H groups in total. The molecule has 5 rings (SSSR count). The Hall–Kier alpha value is -2.80. The number of nitrogens with two attached hydrogens (primary N) is 1. The molecule has 0 aromatic heterocycles. The molecule has 0 radical (unpaired) electrons. The van der Waals surface area contributed by atoms with Gasteiger partial charge in [-0.2, -0.15) is 0 Å². The summed E-state index contributed by atoms with van der Waals surface area (Å²) in [4.78, 5) is 0. The molecule has 0 aliphatic rings. The van der Waals surface area contributed by atoms with Crippen LogP contribution < -0.4 is 5.73 Å². The number of rotatable bonds is 1. The van der Waals surface area contributed by atoms with E-state index in [2.05, 4.69) is 67.6 Å². The summed E-state index contributed by atoms with van der Waals surface area (Å²) in [6.07, 6.45) is 1.04. The maximum atomic E-state index is 6.19. The Labute approximate surface area is 134 Å². The Morgan fingerprint density at radius 2 is 1.30 bits per heavy atom. The van der Waals surface area contributed by atoms with E-state index in [1.54, 1.807) is 0 Å². The number of benzene rings is 5. The van der Waals surface area contributed by atoms with Gasteiger partial charge in [-0.1, -0.05) is 55.5 Å². The number of nitrogen functional groups attached to an aromatic ring is 1. The van der Waals surface area contributed by atoms with Gasteiger partial charge in [-0.05, 0) is 67.2 Å². The average Bonchev–Trinajstić information content (AvgIpc) is 2.58. The van der Waals surface area contributed by atoms with E-state index in [4.69, 9.17) is 5.73 Å². The number of anilines is 1. The van der Waals surface area contributed by atoms with E-state index in [1.165, 1.54) is 48.7 Å². The Balaban J connectivity index is 2.22. The van der Waals surface area contributed by atoms with Gasteiger partial charge in [0.25, 0.3) is 0 Å². The van der Waals surface area contributed by atoms with Crippen LogP contribution in [0.4, 0.5) is 5.69 Å². The van der Waals surface area contributed by atoms with Crippen molar-refractivity contribution in [2.45, 2.75) is 13.3 Å². The second-order valence-electron chi connectivity index (χ2n) is 6.37. The van der Waals surface area contributed by atoms with E-state index < -0.39 is 0 Å². The number of aryl methyl sites for hydroxylation is 1. The van der Waals surface area contributed by atoms with E-state index in [0.717, 1.165) is 12.1 Å². The molecule has 110 valence electrons. The fourth-order valence-corrected chi connectivity index (χ4v) is 4.02. The summed E-state index contributed by atoms with van der Waals surface area (Å²) in [7, 11) is 0. The molecule has 0 atom stereocenters. The Morgan fingerprint density at radius 3 is 1.96 bits per heavy atom. The Bertz CT molecular complexity index is 1200. The van der Waals surface area contributed by atoms with Crippen LogP contribution in [0.2, 0.25) is 0 Å². The van der Waals surface area contributed by atoms with Crippen LogP contribution in [0.15, 0.2) is 60.7 Å². The predicted molar refractivity (Wildman–Crippen MR) is 101 cm³/mol. The third kappa shape index (κ3) is 1.62. The molecule has 0 spiro atoms. The van der Waals surface area contributed by atoms with Crippen molar-refractivity contribution in [1.29, 1.82) is 0 Å². The summed E-state index contributed by atoms with van der Waals surface area (Å²) in [6.45, 7) is 2.21. The monoisotopic (exact) mass is 295 g/mol. The smallest absolute Gasteiger partial charge is 0.0326 e. The van der Waals surface area contributed by atoms with Crippen molar-refractivity contribution >= 4 is 48.8 Å². The van der Waals surface area contributed by atoms with Crippen molar-refractivity contribution < 1.29 is 0 Å². The van der Waals surface area contributed by atoms with Crippen LogP contribution in [0.3, 0.4) is 0 Å². The van der Waals surface area contributed by atoms with Gasteiger partial charge in [0.2, 0.25) is 0 Å². The molecule has 1 heteroatoms. The first-order valence-electron chi connectivity index (χ1n) is 8.15. The summed E-state index contributed by atoms with van der Waals surface area (Å²) < 4.78 is 0. The SMILES string of the molecule is CCc1cc2cccc3c4cccc5cc(N)cc(c(c1)c23)c54. The zero-order valence-electron chi connectivity index (χ0n) is 13.1. The van der Waals surface area contributed by atoms with Crippen LogP contribution in [0, 0.1) is 0 Å². The van der Waals surface area contributed by atoms with E-state index in [0.29, 0.717) is 0 Å². The molecule has 0 fully saturated rings. The van der Waals surface area contributed by atoms with Crippen LogP contribution in [-0.4, -0.2) is 0 Å². The van der Waals surface area contributed by atoms with E-state index in [9.17, 15) is 0 Å². The lowest BCUT2D eigenvalue weighted by Crippen LogP contribution is -1.91. The molecule has 0 amide bonds. The minimum absolute atomic E-state index is 0.832. The highest BCUT2D eigenvalue weighted by molar-refractivity contribution is 6.33. The maximum absolute atomic E-state index is 6.19. The van der Waals surface area contributed by atoms with Gasteiger partial charge >= 0.3 is 0 Å². The van der Waals surface area contributed by atoms with Crippen molar-refractivity contribution in [2.24, 2.45) is 0 Å². The third-order valence-corrected chi connectivity index (χ3v) is 5.02. The van der Waals surface area contributed by atoms with Crippen LogP contribution in [0.25, 0.3) is 43.1 Å². The lowest BCUT2D eigenvalue weighted by atomic mass is 9.88. The van der Waals surface area contributed by atoms with Crippen molar-refractivity contribution in [1.82, 2.24) is 0 Å². The third-order valence-electron chi connectivity index (χ3n) is 5.02. The molecule has 0 saturated carbocycles. The molecular formula is C22H17N. The summed E-state index contributed by atoms with van der Waals surface area (Å²) in [5, 5.41) is 10.5. The number of hydrogen-bond donors (Lipinski definition) is 1. The van der Waals surface area contributed by atoms with Gasteiger partial charge < -0.3 is 5.73 Å². The highest BCUT2D eigenvalue weighted by Gasteiger charge is 2.13. The van der Waals surface area contributed by atoms with Crippen LogP contribution in [0.5, 0.6) is 0 Å². The zero-order valence-corrected chi connectivity index (χ0v) is 13.1. The van der Waals surface area contributed by atoms with Gasteiger partial charge in [0.1, 0.15) is 0 Å². The molecule has 0 aliphatic heterocycles. The van der Waals surface area contributed by atoms with E-state index >= 15 is 0 Å². The Morgan fingerprint density at radius 1 is 0.696 bits per heavy atom. The summed E-state index contributed by atoms with van der Waals surface area (Å²) in [6, 6.07) is 22.0. The van der Waals surface area contributed by atoms with Gasteiger partial charge in [-0.25, -0.2) is 0 Å². The average molecular weight is 295 g/mol. The topological polar surface area (TPSA) is 26.0 Å². The minimum atomic E-state index is 0.832. The quantitative estimate of drug-likeness (QED) is 0.233. The van der Waals surface area contributed by atoms with Crippen LogP contribution in [-0.2, 0) is 6.42 Å². The molecule has 1 nitrogen and oxygen atoms in total. The molecule has 0 bridgehead atoms. The minimum Gasteiger partial charge on any atom is -0.399 e. The second kappa shape index (κ2) is 4.36. The fraction of sp³-hybridized carbons (Fsp3) is 0.0909. The second-order valence-corrected chi connectivity index (χ2v) is 6.37.